The Morgan fingerprint density at radius 3 is 3.20 bits per heavy atom. The summed E-state index contributed by atoms with van der Waals surface area (Å²) in [6, 6.07) is 0.236. The lowest BCUT2D eigenvalue weighted by atomic mass is 10.2. The lowest BCUT2D eigenvalue weighted by Crippen LogP contribution is -2.13. The van der Waals surface area contributed by atoms with Crippen molar-refractivity contribution in [2.24, 2.45) is 0 Å². The summed E-state index contributed by atoms with van der Waals surface area (Å²) in [5.74, 6) is 1.33. The summed E-state index contributed by atoms with van der Waals surface area (Å²) in [7, 11) is 0. The van der Waals surface area contributed by atoms with Gasteiger partial charge in [0.1, 0.15) is 6.10 Å². The van der Waals surface area contributed by atoms with Crippen molar-refractivity contribution >= 4 is 0 Å². The molecular formula is C10H17N3O2. The zero-order chi connectivity index (χ0) is 10.7. The van der Waals surface area contributed by atoms with Crippen molar-refractivity contribution in [1.82, 2.24) is 15.5 Å². The predicted octanol–water partition coefficient (Wildman–Crippen LogP) is 1.59. The molecule has 1 saturated heterocycles. The molecule has 0 saturated carbocycles. The van der Waals surface area contributed by atoms with Crippen molar-refractivity contribution in [2.45, 2.75) is 38.8 Å². The van der Waals surface area contributed by atoms with E-state index in [0.717, 1.165) is 13.0 Å². The van der Waals surface area contributed by atoms with Gasteiger partial charge in [-0.15, -0.1) is 0 Å². The SMILES string of the molecule is CCOC(C)c1noc([C@H]2CCCN2)n1. The molecule has 1 N–H and O–H groups in total. The van der Waals surface area contributed by atoms with Gasteiger partial charge in [-0.1, -0.05) is 5.16 Å². The summed E-state index contributed by atoms with van der Waals surface area (Å²) in [5, 5.41) is 7.25. The molecule has 0 spiro atoms. The highest BCUT2D eigenvalue weighted by atomic mass is 16.5. The van der Waals surface area contributed by atoms with Crippen LogP contribution in [0.25, 0.3) is 0 Å². The Morgan fingerprint density at radius 1 is 1.67 bits per heavy atom. The van der Waals surface area contributed by atoms with Crippen LogP contribution in [0.3, 0.4) is 0 Å². The Balaban J connectivity index is 2.02. The molecule has 1 aromatic heterocycles. The Kier molecular flexibility index (Phi) is 3.33. The van der Waals surface area contributed by atoms with Crippen LogP contribution in [0.1, 0.15) is 50.6 Å². The van der Waals surface area contributed by atoms with Crippen molar-refractivity contribution in [3.05, 3.63) is 11.7 Å². The molecule has 1 aliphatic rings. The van der Waals surface area contributed by atoms with Gasteiger partial charge in [0.2, 0.25) is 5.89 Å². The first-order valence-corrected chi connectivity index (χ1v) is 5.49. The molecule has 1 aromatic rings. The van der Waals surface area contributed by atoms with Crippen LogP contribution in [0.4, 0.5) is 0 Å². The van der Waals surface area contributed by atoms with E-state index in [1.807, 2.05) is 13.8 Å². The normalized spacial score (nSPS) is 23.2. The molecule has 1 unspecified atom stereocenters. The lowest BCUT2D eigenvalue weighted by molar-refractivity contribution is 0.0683. The Labute approximate surface area is 89.2 Å². The fraction of sp³-hybridized carbons (Fsp3) is 0.800. The maximum atomic E-state index is 5.40. The summed E-state index contributed by atoms with van der Waals surface area (Å²) in [6.07, 6.45) is 2.16. The molecule has 0 aliphatic carbocycles. The van der Waals surface area contributed by atoms with Crippen LogP contribution in [0, 0.1) is 0 Å². The molecule has 84 valence electrons. The van der Waals surface area contributed by atoms with Crippen molar-refractivity contribution in [2.75, 3.05) is 13.2 Å². The molecular weight excluding hydrogens is 194 g/mol. The number of hydrogen-bond donors (Lipinski definition) is 1. The van der Waals surface area contributed by atoms with E-state index < -0.39 is 0 Å². The first-order chi connectivity index (χ1) is 7.31. The third-order valence-corrected chi connectivity index (χ3v) is 2.60. The average Bonchev–Trinajstić information content (AvgIpc) is 2.89. The highest BCUT2D eigenvalue weighted by Gasteiger charge is 2.23. The Hall–Kier alpha value is -0.940. The third-order valence-electron chi connectivity index (χ3n) is 2.60. The second kappa shape index (κ2) is 4.72. The van der Waals surface area contributed by atoms with E-state index >= 15 is 0 Å². The average molecular weight is 211 g/mol. The van der Waals surface area contributed by atoms with E-state index in [1.54, 1.807) is 0 Å². The number of aromatic nitrogens is 2. The molecule has 5 nitrogen and oxygen atoms in total. The van der Waals surface area contributed by atoms with Crippen LogP contribution < -0.4 is 5.32 Å². The first kappa shape index (κ1) is 10.6. The molecule has 5 heteroatoms. The fourth-order valence-corrected chi connectivity index (χ4v) is 1.77. The van der Waals surface area contributed by atoms with Gasteiger partial charge in [0.05, 0.1) is 6.04 Å². The zero-order valence-corrected chi connectivity index (χ0v) is 9.19. The topological polar surface area (TPSA) is 60.2 Å². The highest BCUT2D eigenvalue weighted by Crippen LogP contribution is 2.23. The molecule has 15 heavy (non-hydrogen) atoms. The van der Waals surface area contributed by atoms with Gasteiger partial charge in [0.15, 0.2) is 5.82 Å². The summed E-state index contributed by atoms with van der Waals surface area (Å²) >= 11 is 0. The standard InChI is InChI=1S/C10H17N3O2/c1-3-14-7(2)9-12-10(15-13-9)8-5-4-6-11-8/h7-8,11H,3-6H2,1-2H3/t7?,8-/m1/s1. The van der Waals surface area contributed by atoms with Crippen molar-refractivity contribution in [3.63, 3.8) is 0 Å². The molecule has 1 fully saturated rings. The van der Waals surface area contributed by atoms with Crippen LogP contribution in [0.15, 0.2) is 4.52 Å². The zero-order valence-electron chi connectivity index (χ0n) is 9.19. The Bertz CT molecular complexity index is 307. The number of ether oxygens (including phenoxy) is 1. The van der Waals surface area contributed by atoms with Gasteiger partial charge in [-0.05, 0) is 33.2 Å². The number of rotatable bonds is 4. The van der Waals surface area contributed by atoms with Crippen LogP contribution in [0.2, 0.25) is 0 Å². The minimum Gasteiger partial charge on any atom is -0.371 e. The van der Waals surface area contributed by atoms with Crippen molar-refractivity contribution < 1.29 is 9.26 Å². The number of hydrogen-bond acceptors (Lipinski definition) is 5. The van der Waals surface area contributed by atoms with Crippen LogP contribution in [-0.4, -0.2) is 23.3 Å². The van der Waals surface area contributed by atoms with Crippen molar-refractivity contribution in [1.29, 1.82) is 0 Å². The van der Waals surface area contributed by atoms with Crippen LogP contribution in [-0.2, 0) is 4.74 Å². The predicted molar refractivity (Wildman–Crippen MR) is 54.3 cm³/mol. The second-order valence-corrected chi connectivity index (χ2v) is 3.74. The summed E-state index contributed by atoms with van der Waals surface area (Å²) in [6.45, 7) is 5.58. The monoisotopic (exact) mass is 211 g/mol. The molecule has 0 amide bonds. The van der Waals surface area contributed by atoms with E-state index in [9.17, 15) is 0 Å². The summed E-state index contributed by atoms with van der Waals surface area (Å²) in [5.41, 5.74) is 0. The molecule has 2 heterocycles. The van der Waals surface area contributed by atoms with Gasteiger partial charge in [-0.3, -0.25) is 0 Å². The molecule has 2 rings (SSSR count). The van der Waals surface area contributed by atoms with Gasteiger partial charge in [-0.2, -0.15) is 4.98 Å². The van der Waals surface area contributed by atoms with Crippen LogP contribution >= 0.6 is 0 Å². The second-order valence-electron chi connectivity index (χ2n) is 3.74. The van der Waals surface area contributed by atoms with E-state index in [4.69, 9.17) is 9.26 Å². The number of nitrogens with one attached hydrogen (secondary N) is 1. The summed E-state index contributed by atoms with van der Waals surface area (Å²) in [4.78, 5) is 4.35. The lowest BCUT2D eigenvalue weighted by Gasteiger charge is -2.05. The van der Waals surface area contributed by atoms with E-state index in [-0.39, 0.29) is 12.1 Å². The number of nitrogens with zero attached hydrogens (tertiary/aromatic N) is 2. The highest BCUT2D eigenvalue weighted by molar-refractivity contribution is 4.96. The quantitative estimate of drug-likeness (QED) is 0.819. The van der Waals surface area contributed by atoms with Gasteiger partial charge in [0, 0.05) is 6.61 Å². The van der Waals surface area contributed by atoms with Gasteiger partial charge >= 0.3 is 0 Å². The minimum absolute atomic E-state index is 0.0890. The van der Waals surface area contributed by atoms with E-state index in [0.29, 0.717) is 18.3 Å². The van der Waals surface area contributed by atoms with Gasteiger partial charge < -0.3 is 14.6 Å². The Morgan fingerprint density at radius 2 is 2.53 bits per heavy atom. The smallest absolute Gasteiger partial charge is 0.243 e. The fourth-order valence-electron chi connectivity index (χ4n) is 1.77. The molecule has 2 atom stereocenters. The first-order valence-electron chi connectivity index (χ1n) is 5.49. The summed E-state index contributed by atoms with van der Waals surface area (Å²) < 4.78 is 10.6. The van der Waals surface area contributed by atoms with Crippen LogP contribution in [0.5, 0.6) is 0 Å². The van der Waals surface area contributed by atoms with Gasteiger partial charge in [-0.25, -0.2) is 0 Å². The largest absolute Gasteiger partial charge is 0.371 e. The molecule has 0 radical (unpaired) electrons. The van der Waals surface area contributed by atoms with E-state index in [2.05, 4.69) is 15.5 Å². The third kappa shape index (κ3) is 2.35. The molecule has 0 aromatic carbocycles. The maximum Gasteiger partial charge on any atom is 0.243 e. The molecule has 0 bridgehead atoms. The van der Waals surface area contributed by atoms with E-state index in [1.165, 1.54) is 6.42 Å². The maximum absolute atomic E-state index is 5.40. The minimum atomic E-state index is -0.0890. The molecule has 1 aliphatic heterocycles. The van der Waals surface area contributed by atoms with Crippen molar-refractivity contribution in [3.8, 4) is 0 Å². The van der Waals surface area contributed by atoms with Gasteiger partial charge in [0.25, 0.3) is 0 Å².